The van der Waals surface area contributed by atoms with E-state index in [4.69, 9.17) is 5.73 Å². The molecule has 0 spiro atoms. The second-order valence-electron chi connectivity index (χ2n) is 3.72. The molecule has 0 aromatic carbocycles. The van der Waals surface area contributed by atoms with Gasteiger partial charge in [0, 0.05) is 36.6 Å². The Morgan fingerprint density at radius 3 is 2.83 bits per heavy atom. The standard InChI is InChI=1S/C11H12F3N3S/c12-11(13,14)18-5-4-17-7-8(6-15)9-2-1-3-16-10(9)17/h1-3,7H,4-6,15H2. The molecule has 0 aliphatic heterocycles. The molecule has 2 rings (SSSR count). The molecule has 0 radical (unpaired) electrons. The van der Waals surface area contributed by atoms with Crippen LogP contribution in [0, 0.1) is 0 Å². The minimum atomic E-state index is -4.19. The second-order valence-corrected chi connectivity index (χ2v) is 4.88. The fourth-order valence-electron chi connectivity index (χ4n) is 1.79. The van der Waals surface area contributed by atoms with Crippen LogP contribution in [0.3, 0.4) is 0 Å². The Labute approximate surface area is 106 Å². The summed E-state index contributed by atoms with van der Waals surface area (Å²) in [5.41, 5.74) is 2.99. The summed E-state index contributed by atoms with van der Waals surface area (Å²) in [4.78, 5) is 4.18. The third-order valence-electron chi connectivity index (χ3n) is 2.53. The average Bonchev–Trinajstić information content (AvgIpc) is 2.66. The normalized spacial score (nSPS) is 12.2. The van der Waals surface area contributed by atoms with Crippen LogP contribution >= 0.6 is 11.8 Å². The topological polar surface area (TPSA) is 43.8 Å². The molecule has 0 bridgehead atoms. The number of hydrogen-bond donors (Lipinski definition) is 1. The first-order chi connectivity index (χ1) is 8.51. The molecule has 18 heavy (non-hydrogen) atoms. The van der Waals surface area contributed by atoms with E-state index in [9.17, 15) is 13.2 Å². The second kappa shape index (κ2) is 5.19. The number of nitrogens with zero attached hydrogens (tertiary/aromatic N) is 2. The maximum atomic E-state index is 12.1. The predicted molar refractivity (Wildman–Crippen MR) is 66.1 cm³/mol. The summed E-state index contributed by atoms with van der Waals surface area (Å²) in [6, 6.07) is 3.66. The number of fused-ring (bicyclic) bond motifs is 1. The van der Waals surface area contributed by atoms with E-state index in [0.29, 0.717) is 12.2 Å². The van der Waals surface area contributed by atoms with Crippen molar-refractivity contribution in [3.05, 3.63) is 30.1 Å². The zero-order valence-electron chi connectivity index (χ0n) is 9.44. The molecule has 0 amide bonds. The van der Waals surface area contributed by atoms with Crippen LogP contribution in [0.15, 0.2) is 24.5 Å². The van der Waals surface area contributed by atoms with Gasteiger partial charge in [-0.25, -0.2) is 4.98 Å². The number of alkyl halides is 3. The van der Waals surface area contributed by atoms with Gasteiger partial charge in [0.2, 0.25) is 0 Å². The number of aryl methyl sites for hydroxylation is 1. The lowest BCUT2D eigenvalue weighted by molar-refractivity contribution is -0.0328. The lowest BCUT2D eigenvalue weighted by Crippen LogP contribution is -2.06. The molecule has 0 aliphatic carbocycles. The quantitative estimate of drug-likeness (QED) is 0.933. The zero-order valence-corrected chi connectivity index (χ0v) is 10.3. The molecule has 7 heteroatoms. The largest absolute Gasteiger partial charge is 0.441 e. The van der Waals surface area contributed by atoms with E-state index in [1.807, 2.05) is 6.07 Å². The average molecular weight is 275 g/mol. The fourth-order valence-corrected chi connectivity index (χ4v) is 2.31. The Morgan fingerprint density at radius 2 is 2.17 bits per heavy atom. The molecule has 2 heterocycles. The van der Waals surface area contributed by atoms with Crippen molar-refractivity contribution in [2.24, 2.45) is 5.73 Å². The van der Waals surface area contributed by atoms with Gasteiger partial charge in [0.25, 0.3) is 0 Å². The highest BCUT2D eigenvalue weighted by atomic mass is 32.2. The van der Waals surface area contributed by atoms with Crippen molar-refractivity contribution in [3.63, 3.8) is 0 Å². The Bertz CT molecular complexity index is 536. The molecule has 3 nitrogen and oxygen atoms in total. The van der Waals surface area contributed by atoms with Crippen molar-refractivity contribution in [1.29, 1.82) is 0 Å². The van der Waals surface area contributed by atoms with Gasteiger partial charge in [-0.1, -0.05) is 0 Å². The van der Waals surface area contributed by atoms with Gasteiger partial charge in [0.15, 0.2) is 0 Å². The summed E-state index contributed by atoms with van der Waals surface area (Å²) in [5.74, 6) is -0.0339. The summed E-state index contributed by atoms with van der Waals surface area (Å²) >= 11 is -0.0260. The van der Waals surface area contributed by atoms with Crippen molar-refractivity contribution >= 4 is 22.8 Å². The SMILES string of the molecule is NCc1cn(CCSC(F)(F)F)c2ncccc12. The molecule has 2 aromatic rings. The Hall–Kier alpha value is -1.21. The first-order valence-corrected chi connectivity index (χ1v) is 6.33. The van der Waals surface area contributed by atoms with Crippen LogP contribution in [-0.4, -0.2) is 20.8 Å². The van der Waals surface area contributed by atoms with Crippen molar-refractivity contribution in [1.82, 2.24) is 9.55 Å². The van der Waals surface area contributed by atoms with Gasteiger partial charge < -0.3 is 10.3 Å². The highest BCUT2D eigenvalue weighted by Crippen LogP contribution is 2.30. The zero-order chi connectivity index (χ0) is 13.2. The van der Waals surface area contributed by atoms with E-state index in [1.54, 1.807) is 23.0 Å². The number of pyridine rings is 1. The first-order valence-electron chi connectivity index (χ1n) is 5.35. The van der Waals surface area contributed by atoms with E-state index >= 15 is 0 Å². The van der Waals surface area contributed by atoms with Crippen LogP contribution in [0.2, 0.25) is 0 Å². The van der Waals surface area contributed by atoms with Crippen molar-refractivity contribution in [2.45, 2.75) is 18.6 Å². The van der Waals surface area contributed by atoms with Crippen molar-refractivity contribution in [2.75, 3.05) is 5.75 Å². The highest BCUT2D eigenvalue weighted by Gasteiger charge is 2.27. The Balaban J connectivity index is 2.18. The summed E-state index contributed by atoms with van der Waals surface area (Å²) in [6.07, 6.45) is 3.39. The lowest BCUT2D eigenvalue weighted by Gasteiger charge is -2.06. The van der Waals surface area contributed by atoms with Gasteiger partial charge in [0.1, 0.15) is 5.65 Å². The third kappa shape index (κ3) is 2.97. The van der Waals surface area contributed by atoms with Crippen molar-refractivity contribution in [3.8, 4) is 0 Å². The number of rotatable bonds is 4. The van der Waals surface area contributed by atoms with Gasteiger partial charge in [-0.2, -0.15) is 13.2 Å². The van der Waals surface area contributed by atoms with E-state index in [-0.39, 0.29) is 24.1 Å². The predicted octanol–water partition coefficient (Wildman–Crippen LogP) is 2.75. The van der Waals surface area contributed by atoms with Gasteiger partial charge >= 0.3 is 5.51 Å². The van der Waals surface area contributed by atoms with Crippen LogP contribution in [0.5, 0.6) is 0 Å². The van der Waals surface area contributed by atoms with Gasteiger partial charge in [-0.15, -0.1) is 0 Å². The third-order valence-corrected chi connectivity index (χ3v) is 3.25. The molecular weight excluding hydrogens is 263 g/mol. The highest BCUT2D eigenvalue weighted by molar-refractivity contribution is 8.00. The maximum Gasteiger partial charge on any atom is 0.441 e. The van der Waals surface area contributed by atoms with Crippen molar-refractivity contribution < 1.29 is 13.2 Å². The van der Waals surface area contributed by atoms with Crippen LogP contribution in [0.1, 0.15) is 5.56 Å². The van der Waals surface area contributed by atoms with Gasteiger partial charge in [-0.3, -0.25) is 0 Å². The number of hydrogen-bond acceptors (Lipinski definition) is 3. The Morgan fingerprint density at radius 1 is 1.39 bits per heavy atom. The van der Waals surface area contributed by atoms with Crippen LogP contribution < -0.4 is 5.73 Å². The molecule has 2 N–H and O–H groups in total. The molecule has 0 saturated carbocycles. The molecule has 98 valence electrons. The molecule has 0 fully saturated rings. The molecule has 0 atom stereocenters. The first kappa shape index (κ1) is 13.2. The summed E-state index contributed by atoms with van der Waals surface area (Å²) in [5, 5.41) is 0.900. The summed E-state index contributed by atoms with van der Waals surface area (Å²) in [7, 11) is 0. The van der Waals surface area contributed by atoms with Gasteiger partial charge in [-0.05, 0) is 29.5 Å². The van der Waals surface area contributed by atoms with Gasteiger partial charge in [0.05, 0.1) is 0 Å². The number of thioether (sulfide) groups is 1. The van der Waals surface area contributed by atoms with E-state index in [1.165, 1.54) is 0 Å². The number of halogens is 3. The Kier molecular flexibility index (Phi) is 3.82. The lowest BCUT2D eigenvalue weighted by atomic mass is 10.2. The minimum absolute atomic E-state index is 0.0260. The summed E-state index contributed by atoms with van der Waals surface area (Å²) < 4.78 is 37.9. The monoisotopic (exact) mass is 275 g/mol. The van der Waals surface area contributed by atoms with E-state index in [2.05, 4.69) is 4.98 Å². The number of nitrogens with two attached hydrogens (primary N) is 1. The number of aromatic nitrogens is 2. The molecular formula is C11H12F3N3S. The smallest absolute Gasteiger partial charge is 0.331 e. The van der Waals surface area contributed by atoms with E-state index < -0.39 is 5.51 Å². The van der Waals surface area contributed by atoms with Crippen LogP contribution in [0.25, 0.3) is 11.0 Å². The molecule has 0 aliphatic rings. The molecule has 0 saturated heterocycles. The minimum Gasteiger partial charge on any atom is -0.331 e. The fraction of sp³-hybridized carbons (Fsp3) is 0.364. The molecule has 2 aromatic heterocycles. The van der Waals surface area contributed by atoms with Crippen LogP contribution in [-0.2, 0) is 13.1 Å². The van der Waals surface area contributed by atoms with E-state index in [0.717, 1.165) is 10.9 Å². The summed E-state index contributed by atoms with van der Waals surface area (Å²) in [6.45, 7) is 0.610. The van der Waals surface area contributed by atoms with Crippen LogP contribution in [0.4, 0.5) is 13.2 Å². The molecule has 0 unspecified atom stereocenters. The maximum absolute atomic E-state index is 12.1.